The second-order valence-electron chi connectivity index (χ2n) is 5.73. The Morgan fingerprint density at radius 3 is 2.76 bits per heavy atom. The maximum Gasteiger partial charge on any atom is 0.136 e. The Balaban J connectivity index is 1.84. The number of imidazole rings is 1. The lowest BCUT2D eigenvalue weighted by Crippen LogP contribution is -2.32. The summed E-state index contributed by atoms with van der Waals surface area (Å²) in [6.07, 6.45) is 4.01. The molecule has 2 N–H and O–H groups in total. The summed E-state index contributed by atoms with van der Waals surface area (Å²) in [4.78, 5) is 7.20. The fourth-order valence-electron chi connectivity index (χ4n) is 3.13. The molecule has 5 heteroatoms. The number of benzene rings is 1. The van der Waals surface area contributed by atoms with E-state index in [1.807, 2.05) is 12.1 Å². The Bertz CT molecular complexity index is 602. The van der Waals surface area contributed by atoms with Crippen LogP contribution in [0.5, 0.6) is 0 Å². The molecule has 0 spiro atoms. The van der Waals surface area contributed by atoms with Gasteiger partial charge in [0, 0.05) is 20.2 Å². The Hall–Kier alpha value is -1.59. The zero-order chi connectivity index (χ0) is 14.7. The third kappa shape index (κ3) is 3.04. The van der Waals surface area contributed by atoms with Crippen LogP contribution < -0.4 is 5.73 Å². The molecule has 1 saturated heterocycles. The average molecular weight is 288 g/mol. The summed E-state index contributed by atoms with van der Waals surface area (Å²) in [5, 5.41) is 0. The molecule has 0 saturated carbocycles. The van der Waals surface area contributed by atoms with E-state index >= 15 is 0 Å². The van der Waals surface area contributed by atoms with Crippen LogP contribution in [0.2, 0.25) is 0 Å². The van der Waals surface area contributed by atoms with Gasteiger partial charge >= 0.3 is 0 Å². The predicted octanol–water partition coefficient (Wildman–Crippen LogP) is 2.25. The number of ether oxygens (including phenoxy) is 1. The lowest BCUT2D eigenvalue weighted by molar-refractivity contribution is 0.171. The number of nitrogen functional groups attached to an aromatic ring is 1. The summed E-state index contributed by atoms with van der Waals surface area (Å²) in [5.74, 6) is 0.961. The van der Waals surface area contributed by atoms with Gasteiger partial charge in [-0.1, -0.05) is 12.5 Å². The van der Waals surface area contributed by atoms with Crippen molar-refractivity contribution in [1.82, 2.24) is 14.5 Å². The molecule has 0 amide bonds. The number of likely N-dealkylation sites (tertiary alicyclic amines) is 1. The number of hydrogen-bond donors (Lipinski definition) is 1. The van der Waals surface area contributed by atoms with E-state index in [1.54, 1.807) is 7.11 Å². The van der Waals surface area contributed by atoms with Crippen LogP contribution in [-0.2, 0) is 17.9 Å². The van der Waals surface area contributed by atoms with Gasteiger partial charge < -0.3 is 19.9 Å². The molecule has 0 atom stereocenters. The normalized spacial score (nSPS) is 16.6. The van der Waals surface area contributed by atoms with Crippen molar-refractivity contribution in [1.29, 1.82) is 0 Å². The van der Waals surface area contributed by atoms with Crippen LogP contribution in [0.1, 0.15) is 25.1 Å². The molecular weight excluding hydrogens is 264 g/mol. The quantitative estimate of drug-likeness (QED) is 0.857. The van der Waals surface area contributed by atoms with E-state index in [2.05, 4.69) is 20.5 Å². The van der Waals surface area contributed by atoms with Gasteiger partial charge in [0.05, 0.1) is 11.2 Å². The van der Waals surface area contributed by atoms with Gasteiger partial charge in [0.25, 0.3) is 0 Å². The van der Waals surface area contributed by atoms with E-state index in [4.69, 9.17) is 10.5 Å². The molecule has 0 aliphatic carbocycles. The monoisotopic (exact) mass is 288 g/mol. The molecule has 2 aromatic rings. The van der Waals surface area contributed by atoms with Crippen LogP contribution in [0.3, 0.4) is 0 Å². The number of piperidine rings is 1. The molecule has 114 valence electrons. The van der Waals surface area contributed by atoms with Gasteiger partial charge in [-0.3, -0.25) is 0 Å². The van der Waals surface area contributed by atoms with Gasteiger partial charge in [0.15, 0.2) is 0 Å². The number of methoxy groups -OCH3 is 1. The van der Waals surface area contributed by atoms with Gasteiger partial charge in [0.1, 0.15) is 17.9 Å². The van der Waals surface area contributed by atoms with Gasteiger partial charge in [-0.15, -0.1) is 0 Å². The fourth-order valence-corrected chi connectivity index (χ4v) is 3.13. The first-order chi connectivity index (χ1) is 10.3. The molecule has 0 radical (unpaired) electrons. The van der Waals surface area contributed by atoms with Crippen LogP contribution >= 0.6 is 0 Å². The number of rotatable bonds is 5. The van der Waals surface area contributed by atoms with Crippen molar-refractivity contribution in [3.8, 4) is 0 Å². The molecule has 21 heavy (non-hydrogen) atoms. The number of nitrogens with two attached hydrogens (primary N) is 1. The van der Waals surface area contributed by atoms with Crippen LogP contribution in [0, 0.1) is 0 Å². The number of hydrogen-bond acceptors (Lipinski definition) is 4. The van der Waals surface area contributed by atoms with Crippen molar-refractivity contribution in [2.24, 2.45) is 0 Å². The smallest absolute Gasteiger partial charge is 0.136 e. The highest BCUT2D eigenvalue weighted by Crippen LogP contribution is 2.22. The molecular formula is C16H24N4O. The maximum atomic E-state index is 6.05. The third-order valence-electron chi connectivity index (χ3n) is 4.25. The molecule has 5 nitrogen and oxygen atoms in total. The summed E-state index contributed by atoms with van der Waals surface area (Å²) in [6, 6.07) is 5.99. The minimum atomic E-state index is 0.522. The van der Waals surface area contributed by atoms with E-state index in [0.29, 0.717) is 6.61 Å². The van der Waals surface area contributed by atoms with E-state index in [1.165, 1.54) is 32.4 Å². The minimum Gasteiger partial charge on any atom is -0.397 e. The highest BCUT2D eigenvalue weighted by Gasteiger charge is 2.15. The van der Waals surface area contributed by atoms with E-state index in [0.717, 1.165) is 35.6 Å². The maximum absolute atomic E-state index is 6.05. The second-order valence-corrected chi connectivity index (χ2v) is 5.73. The van der Waals surface area contributed by atoms with E-state index in [-0.39, 0.29) is 0 Å². The SMILES string of the molecule is COCc1nc2c(N)cccc2n1CCN1CCCCC1. The second kappa shape index (κ2) is 6.45. The molecule has 1 aliphatic rings. The first-order valence-corrected chi connectivity index (χ1v) is 7.74. The molecule has 0 unspecified atom stereocenters. The summed E-state index contributed by atoms with van der Waals surface area (Å²) in [5.41, 5.74) is 8.79. The van der Waals surface area contributed by atoms with Gasteiger partial charge in [-0.2, -0.15) is 0 Å². The van der Waals surface area contributed by atoms with Gasteiger partial charge in [-0.05, 0) is 38.1 Å². The largest absolute Gasteiger partial charge is 0.397 e. The number of fused-ring (bicyclic) bond motifs is 1. The van der Waals surface area contributed by atoms with Crippen molar-refractivity contribution >= 4 is 16.7 Å². The lowest BCUT2D eigenvalue weighted by atomic mass is 10.1. The third-order valence-corrected chi connectivity index (χ3v) is 4.25. The Morgan fingerprint density at radius 1 is 1.19 bits per heavy atom. The van der Waals surface area contributed by atoms with Crippen LogP contribution in [0.25, 0.3) is 11.0 Å². The fraction of sp³-hybridized carbons (Fsp3) is 0.562. The Morgan fingerprint density at radius 2 is 2.00 bits per heavy atom. The van der Waals surface area contributed by atoms with Crippen LogP contribution in [0.15, 0.2) is 18.2 Å². The number of aromatic nitrogens is 2. The minimum absolute atomic E-state index is 0.522. The van der Waals surface area contributed by atoms with Gasteiger partial charge in [0.2, 0.25) is 0 Å². The van der Waals surface area contributed by atoms with E-state index in [9.17, 15) is 0 Å². The lowest BCUT2D eigenvalue weighted by Gasteiger charge is -2.26. The first kappa shape index (κ1) is 14.4. The topological polar surface area (TPSA) is 56.3 Å². The van der Waals surface area contributed by atoms with Gasteiger partial charge in [-0.25, -0.2) is 4.98 Å². The molecule has 1 aliphatic heterocycles. The molecule has 0 bridgehead atoms. The van der Waals surface area contributed by atoms with Crippen molar-refractivity contribution in [3.05, 3.63) is 24.0 Å². The van der Waals surface area contributed by atoms with Crippen molar-refractivity contribution in [2.45, 2.75) is 32.4 Å². The predicted molar refractivity (Wildman–Crippen MR) is 85.1 cm³/mol. The average Bonchev–Trinajstić information content (AvgIpc) is 2.86. The Labute approximate surface area is 125 Å². The molecule has 3 rings (SSSR count). The highest BCUT2D eigenvalue weighted by atomic mass is 16.5. The molecule has 1 aromatic carbocycles. The van der Waals surface area contributed by atoms with Crippen molar-refractivity contribution < 1.29 is 4.74 Å². The summed E-state index contributed by atoms with van der Waals surface area (Å²) < 4.78 is 7.55. The number of anilines is 1. The molecule has 2 heterocycles. The Kier molecular flexibility index (Phi) is 4.41. The highest BCUT2D eigenvalue weighted by molar-refractivity contribution is 5.87. The standard InChI is InChI=1S/C16H24N4O/c1-21-12-15-18-16-13(17)6-5-7-14(16)20(15)11-10-19-8-3-2-4-9-19/h5-7H,2-4,8-12,17H2,1H3. The molecule has 1 aromatic heterocycles. The summed E-state index contributed by atoms with van der Waals surface area (Å²) in [7, 11) is 1.71. The first-order valence-electron chi connectivity index (χ1n) is 7.74. The van der Waals surface area contributed by atoms with E-state index < -0.39 is 0 Å². The van der Waals surface area contributed by atoms with Crippen molar-refractivity contribution in [3.63, 3.8) is 0 Å². The summed E-state index contributed by atoms with van der Waals surface area (Å²) in [6.45, 7) is 4.96. The molecule has 1 fully saturated rings. The van der Waals surface area contributed by atoms with Crippen LogP contribution in [0.4, 0.5) is 5.69 Å². The summed E-state index contributed by atoms with van der Waals surface area (Å²) >= 11 is 0. The van der Waals surface area contributed by atoms with Crippen LogP contribution in [-0.4, -0.2) is 41.2 Å². The zero-order valence-corrected chi connectivity index (χ0v) is 12.7. The zero-order valence-electron chi connectivity index (χ0n) is 12.7. The number of nitrogens with zero attached hydrogens (tertiary/aromatic N) is 3. The van der Waals surface area contributed by atoms with Crippen molar-refractivity contribution in [2.75, 3.05) is 32.5 Å². The number of para-hydroxylation sites is 1.